The molecular weight excluding hydrogens is 703 g/mol. The minimum Gasteiger partial charge on any atom is -0.465 e. The summed E-state index contributed by atoms with van der Waals surface area (Å²) < 4.78 is 46.9. The number of esters is 1. The summed E-state index contributed by atoms with van der Waals surface area (Å²) in [4.78, 5) is 25.4. The Labute approximate surface area is 294 Å². The van der Waals surface area contributed by atoms with Crippen LogP contribution in [0.3, 0.4) is 0 Å². The number of carbonyl (C=O) groups is 1. The molecule has 4 rings (SSSR count). The van der Waals surface area contributed by atoms with Gasteiger partial charge in [0.15, 0.2) is 11.0 Å². The van der Waals surface area contributed by atoms with Gasteiger partial charge in [-0.05, 0) is 32.9 Å². The minimum absolute atomic E-state index is 0.140. The van der Waals surface area contributed by atoms with Gasteiger partial charge in [-0.1, -0.05) is 27.8 Å². The van der Waals surface area contributed by atoms with Crippen molar-refractivity contribution in [2.45, 2.75) is 33.9 Å². The molecule has 0 bridgehead atoms. The van der Waals surface area contributed by atoms with E-state index in [0.717, 1.165) is 12.7 Å². The zero-order chi connectivity index (χ0) is 36.2. The van der Waals surface area contributed by atoms with Gasteiger partial charge in [0, 0.05) is 52.9 Å². The van der Waals surface area contributed by atoms with Crippen LogP contribution in [-0.2, 0) is 46.4 Å². The number of hydrogen-bond acceptors (Lipinski definition) is 14. The molecule has 0 saturated heterocycles. The van der Waals surface area contributed by atoms with Crippen molar-refractivity contribution in [1.29, 1.82) is 0 Å². The highest BCUT2D eigenvalue weighted by atomic mass is 32.2. The second-order valence-electron chi connectivity index (χ2n) is 9.84. The van der Waals surface area contributed by atoms with Gasteiger partial charge in [-0.25, -0.2) is 38.4 Å². The molecule has 0 atom stereocenters. The molecule has 2 aromatic carbocycles. The van der Waals surface area contributed by atoms with Crippen molar-refractivity contribution >= 4 is 58.5 Å². The van der Waals surface area contributed by atoms with Crippen molar-refractivity contribution < 1.29 is 61.9 Å². The lowest BCUT2D eigenvalue weighted by Gasteiger charge is -2.20. The molecule has 0 spiro atoms. The van der Waals surface area contributed by atoms with Crippen molar-refractivity contribution in [2.75, 3.05) is 30.6 Å². The number of benzene rings is 2. The molecule has 0 amide bonds. The summed E-state index contributed by atoms with van der Waals surface area (Å²) in [6, 6.07) is 11.3. The largest absolute Gasteiger partial charge is 0.465 e. The van der Waals surface area contributed by atoms with Crippen molar-refractivity contribution in [3.05, 3.63) is 82.5 Å². The summed E-state index contributed by atoms with van der Waals surface area (Å²) in [5.41, 5.74) is 2.69. The molecule has 3 aromatic rings. The van der Waals surface area contributed by atoms with E-state index in [4.69, 9.17) is 20.1 Å². The van der Waals surface area contributed by atoms with Gasteiger partial charge in [0.1, 0.15) is 54.2 Å². The van der Waals surface area contributed by atoms with Gasteiger partial charge < -0.3 is 9.64 Å². The van der Waals surface area contributed by atoms with E-state index in [-0.39, 0.29) is 17.7 Å². The van der Waals surface area contributed by atoms with Gasteiger partial charge in [0.25, 0.3) is 5.82 Å². The Morgan fingerprint density at radius 1 is 1.00 bits per heavy atom. The Bertz CT molecular complexity index is 1950. The van der Waals surface area contributed by atoms with Gasteiger partial charge in [-0.3, -0.25) is 4.90 Å². The van der Waals surface area contributed by atoms with E-state index < -0.39 is 17.6 Å². The first-order valence-corrected chi connectivity index (χ1v) is 16.0. The van der Waals surface area contributed by atoms with Crippen LogP contribution < -0.4 is 14.4 Å². The summed E-state index contributed by atoms with van der Waals surface area (Å²) in [6.07, 6.45) is 7.15. The van der Waals surface area contributed by atoms with E-state index in [0.29, 0.717) is 71.2 Å². The second kappa shape index (κ2) is 18.5. The van der Waals surface area contributed by atoms with Crippen LogP contribution in [0.1, 0.15) is 42.5 Å². The maximum atomic E-state index is 15.0. The Kier molecular flexibility index (Phi) is 14.2. The van der Waals surface area contributed by atoms with Gasteiger partial charge >= 0.3 is 5.97 Å². The molecule has 0 saturated carbocycles. The van der Waals surface area contributed by atoms with E-state index >= 15 is 4.39 Å². The average molecular weight is 734 g/mol. The molecule has 0 unspecified atom stereocenters. The number of imidazole rings is 1. The molecule has 50 heavy (non-hydrogen) atoms. The number of anilines is 2. The van der Waals surface area contributed by atoms with Crippen LogP contribution in [0.2, 0.25) is 0 Å². The number of hydrogen-bond donors (Lipinski definition) is 2. The smallest absolute Gasteiger partial charge is 0.341 e. The third-order valence-corrected chi connectivity index (χ3v) is 7.78. The van der Waals surface area contributed by atoms with E-state index in [2.05, 4.69) is 46.2 Å². The van der Waals surface area contributed by atoms with E-state index in [9.17, 15) is 9.18 Å². The molecule has 2 N–H and O–H groups in total. The van der Waals surface area contributed by atoms with Crippen molar-refractivity contribution in [1.82, 2.24) is 4.57 Å². The predicted molar refractivity (Wildman–Crippen MR) is 179 cm³/mol. The summed E-state index contributed by atoms with van der Waals surface area (Å²) in [5, 5.41) is 29.5. The van der Waals surface area contributed by atoms with Gasteiger partial charge in [-0.15, -0.1) is 13.2 Å². The van der Waals surface area contributed by atoms with Crippen LogP contribution in [0.4, 0.5) is 20.2 Å². The number of allylic oxidation sites excluding steroid dienone is 4. The number of aromatic nitrogens is 2. The van der Waals surface area contributed by atoms with Crippen LogP contribution in [-0.4, -0.2) is 41.8 Å². The molecule has 0 radical (unpaired) electrons. The first kappa shape index (κ1) is 38.4. The topological polar surface area (TPSA) is 137 Å². The van der Waals surface area contributed by atoms with Crippen molar-refractivity contribution in [3.63, 3.8) is 0 Å². The number of ether oxygens (including phenoxy) is 1. The second-order valence-corrected chi connectivity index (χ2v) is 10.9. The number of methoxy groups -OCH3 is 1. The molecule has 264 valence electrons. The highest BCUT2D eigenvalue weighted by Crippen LogP contribution is 2.43. The summed E-state index contributed by atoms with van der Waals surface area (Å²) in [6.45, 7) is 6.33. The van der Waals surface area contributed by atoms with Gasteiger partial charge in [-0.2, -0.15) is 0 Å². The van der Waals surface area contributed by atoms with Crippen LogP contribution in [0.15, 0.2) is 53.9 Å². The SMILES string of the molecule is CCN1/C(=C/C=C(C)/C=C/c2n(CC)c3cc(F)c(C(=O)OC)cc3[n+]2C#CSOOO)N(C#CSOOO)c2cc(COOC)c(F)cc21. The molecule has 18 heteroatoms. The van der Waals surface area contributed by atoms with Gasteiger partial charge in [0.2, 0.25) is 0 Å². The zero-order valence-corrected chi connectivity index (χ0v) is 28.9. The fourth-order valence-corrected chi connectivity index (χ4v) is 5.45. The lowest BCUT2D eigenvalue weighted by molar-refractivity contribution is -0.557. The lowest BCUT2D eigenvalue weighted by Crippen LogP contribution is -2.31. The third-order valence-electron chi connectivity index (χ3n) is 7.17. The number of aryl methyl sites for hydroxylation is 1. The summed E-state index contributed by atoms with van der Waals surface area (Å²) in [5.74, 6) is -1.02. The van der Waals surface area contributed by atoms with Crippen LogP contribution in [0, 0.1) is 34.2 Å². The molecule has 1 aliphatic heterocycles. The third kappa shape index (κ3) is 8.64. The molecule has 2 heterocycles. The number of nitrogens with zero attached hydrogens (tertiary/aromatic N) is 4. The number of carbonyl (C=O) groups excluding carboxylic acids is 1. The highest BCUT2D eigenvalue weighted by molar-refractivity contribution is 7.99. The first-order chi connectivity index (χ1) is 24.2. The maximum absolute atomic E-state index is 15.0. The van der Waals surface area contributed by atoms with Crippen molar-refractivity contribution in [2.24, 2.45) is 0 Å². The van der Waals surface area contributed by atoms with E-state index in [1.165, 1.54) is 29.9 Å². The molecular formula is C32H31F2N4O10S2+. The molecule has 0 fully saturated rings. The van der Waals surface area contributed by atoms with Crippen LogP contribution >= 0.6 is 24.1 Å². The number of rotatable bonds is 13. The lowest BCUT2D eigenvalue weighted by atomic mass is 10.1. The molecule has 0 aliphatic carbocycles. The van der Waals surface area contributed by atoms with Crippen LogP contribution in [0.5, 0.6) is 0 Å². The Balaban J connectivity index is 1.80. The summed E-state index contributed by atoms with van der Waals surface area (Å²) >= 11 is 1.04. The predicted octanol–water partition coefficient (Wildman–Crippen LogP) is 6.06. The number of fused-ring (bicyclic) bond motifs is 2. The van der Waals surface area contributed by atoms with E-state index in [1.54, 1.807) is 33.8 Å². The fourth-order valence-electron chi connectivity index (χ4n) is 5.06. The maximum Gasteiger partial charge on any atom is 0.341 e. The summed E-state index contributed by atoms with van der Waals surface area (Å²) in [7, 11) is 2.48. The molecule has 14 nitrogen and oxygen atoms in total. The minimum atomic E-state index is -0.854. The Morgan fingerprint density at radius 2 is 1.74 bits per heavy atom. The van der Waals surface area contributed by atoms with E-state index in [1.807, 2.05) is 31.7 Å². The first-order valence-electron chi connectivity index (χ1n) is 14.5. The zero-order valence-electron chi connectivity index (χ0n) is 27.3. The fraction of sp³-hybridized carbons (Fsp3) is 0.250. The monoisotopic (exact) mass is 733 g/mol. The number of halogens is 2. The van der Waals surface area contributed by atoms with Gasteiger partial charge in [0.05, 0.1) is 37.7 Å². The Hall–Kier alpha value is -4.44. The highest BCUT2D eigenvalue weighted by Gasteiger charge is 2.31. The standard InChI is InChI=1S/C32H30F2N4O10S2/c1-6-35-28-18-24(33)22(20-44-43-5)16-26(28)37(12-14-49-47-45-40)30(35)10-8-21(3)9-11-31-36(7-2)29-19-25(34)23(32(39)42-4)17-27(29)38(31)13-15-50-48-46-41/h8-11,16-19H,6-7,20H2,1-5H3,(H-,40,41)/p+1. The normalized spacial score (nSPS) is 13.5. The Morgan fingerprint density at radius 3 is 2.40 bits per heavy atom. The average Bonchev–Trinajstić information content (AvgIpc) is 3.57. The van der Waals surface area contributed by atoms with Crippen molar-refractivity contribution in [3.8, 4) is 22.6 Å². The quantitative estimate of drug-likeness (QED) is 0.0308. The molecule has 1 aliphatic rings. The molecule has 1 aromatic heterocycles. The van der Waals surface area contributed by atoms with Crippen LogP contribution in [0.25, 0.3) is 17.1 Å².